The van der Waals surface area contributed by atoms with Crippen molar-refractivity contribution < 1.29 is 0 Å². The van der Waals surface area contributed by atoms with Crippen LogP contribution >= 0.6 is 22.6 Å². The molecule has 0 amide bonds. The number of fused-ring (bicyclic) bond motifs is 1. The van der Waals surface area contributed by atoms with Crippen molar-refractivity contribution in [3.8, 4) is 0 Å². The Hall–Kier alpha value is -1.37. The Bertz CT molecular complexity index is 728. The van der Waals surface area contributed by atoms with Crippen molar-refractivity contribution in [1.82, 2.24) is 19.6 Å². The van der Waals surface area contributed by atoms with Gasteiger partial charge in [0.05, 0.1) is 24.0 Å². The van der Waals surface area contributed by atoms with Crippen molar-refractivity contribution in [1.29, 1.82) is 0 Å². The molecule has 0 aliphatic heterocycles. The molecule has 3 rings (SSSR count). The molecule has 0 saturated heterocycles. The molecule has 104 valence electrons. The Morgan fingerprint density at radius 3 is 2.95 bits per heavy atom. The zero-order valence-corrected chi connectivity index (χ0v) is 13.8. The van der Waals surface area contributed by atoms with E-state index in [0.717, 1.165) is 17.6 Å². The fourth-order valence-corrected chi connectivity index (χ4v) is 2.69. The van der Waals surface area contributed by atoms with Crippen molar-refractivity contribution in [3.63, 3.8) is 0 Å². The number of halogens is 1. The van der Waals surface area contributed by atoms with E-state index in [-0.39, 0.29) is 0 Å². The lowest BCUT2D eigenvalue weighted by atomic mass is 10.2. The van der Waals surface area contributed by atoms with Gasteiger partial charge >= 0.3 is 0 Å². The maximum absolute atomic E-state index is 4.64. The quantitative estimate of drug-likeness (QED) is 0.645. The van der Waals surface area contributed by atoms with Crippen LogP contribution in [-0.2, 0) is 6.54 Å². The molecular formula is C15H17IN4. The smallest absolute Gasteiger partial charge is 0.0857 e. The number of nitrogens with zero attached hydrogens (tertiary/aromatic N) is 4. The van der Waals surface area contributed by atoms with E-state index in [9.17, 15) is 0 Å². The fraction of sp³-hybridized carbons (Fsp3) is 0.333. The van der Waals surface area contributed by atoms with Gasteiger partial charge in [-0.15, -0.1) is 0 Å². The second kappa shape index (κ2) is 5.55. The molecule has 0 fully saturated rings. The Morgan fingerprint density at radius 2 is 2.15 bits per heavy atom. The van der Waals surface area contributed by atoms with Gasteiger partial charge in [-0.25, -0.2) is 0 Å². The van der Waals surface area contributed by atoms with Crippen LogP contribution in [0.1, 0.15) is 32.0 Å². The minimum Gasteiger partial charge on any atom is -0.270 e. The average Bonchev–Trinajstić information content (AvgIpc) is 3.06. The molecule has 4 nitrogen and oxygen atoms in total. The van der Waals surface area contributed by atoms with Crippen LogP contribution in [-0.4, -0.2) is 19.6 Å². The molecule has 20 heavy (non-hydrogen) atoms. The zero-order chi connectivity index (χ0) is 14.1. The van der Waals surface area contributed by atoms with E-state index in [0.29, 0.717) is 12.6 Å². The van der Waals surface area contributed by atoms with Crippen LogP contribution < -0.4 is 0 Å². The molecule has 2 heterocycles. The summed E-state index contributed by atoms with van der Waals surface area (Å²) in [5.74, 6) is 0. The maximum atomic E-state index is 4.64. The molecule has 0 aliphatic rings. The highest BCUT2D eigenvalue weighted by molar-refractivity contribution is 14.1. The number of hydrogen-bond acceptors (Lipinski definition) is 2. The lowest BCUT2D eigenvalue weighted by Crippen LogP contribution is -2.07. The summed E-state index contributed by atoms with van der Waals surface area (Å²) in [7, 11) is 0. The zero-order valence-electron chi connectivity index (χ0n) is 11.6. The summed E-state index contributed by atoms with van der Waals surface area (Å²) in [4.78, 5) is 0. The van der Waals surface area contributed by atoms with Crippen molar-refractivity contribution in [3.05, 3.63) is 45.9 Å². The third kappa shape index (κ3) is 2.59. The first-order chi connectivity index (χ1) is 9.67. The van der Waals surface area contributed by atoms with Crippen molar-refractivity contribution in [2.45, 2.75) is 32.9 Å². The summed E-state index contributed by atoms with van der Waals surface area (Å²) in [5, 5.41) is 10.3. The molecule has 0 saturated carbocycles. The van der Waals surface area contributed by atoms with Crippen LogP contribution in [0, 0.1) is 3.57 Å². The van der Waals surface area contributed by atoms with Gasteiger partial charge in [0.25, 0.3) is 0 Å². The van der Waals surface area contributed by atoms with Gasteiger partial charge in [-0.1, -0.05) is 13.0 Å². The van der Waals surface area contributed by atoms with E-state index >= 15 is 0 Å². The summed E-state index contributed by atoms with van der Waals surface area (Å²) in [5.41, 5.74) is 2.21. The Kier molecular flexibility index (Phi) is 3.78. The summed E-state index contributed by atoms with van der Waals surface area (Å²) >= 11 is 2.33. The highest BCUT2D eigenvalue weighted by Crippen LogP contribution is 2.18. The van der Waals surface area contributed by atoms with Crippen molar-refractivity contribution in [2.24, 2.45) is 0 Å². The third-order valence-corrected chi connectivity index (χ3v) is 4.30. The van der Waals surface area contributed by atoms with Crippen LogP contribution in [0.25, 0.3) is 10.9 Å². The largest absolute Gasteiger partial charge is 0.270 e. The molecule has 5 heteroatoms. The number of benzene rings is 1. The maximum Gasteiger partial charge on any atom is 0.0857 e. The summed E-state index contributed by atoms with van der Waals surface area (Å²) in [6, 6.07) is 8.90. The third-order valence-electron chi connectivity index (χ3n) is 3.62. The van der Waals surface area contributed by atoms with E-state index in [1.807, 2.05) is 15.6 Å². The Labute approximate surface area is 131 Å². The lowest BCUT2D eigenvalue weighted by Gasteiger charge is -2.08. The van der Waals surface area contributed by atoms with E-state index in [1.165, 1.54) is 8.96 Å². The number of aromatic nitrogens is 4. The van der Waals surface area contributed by atoms with Crippen LogP contribution in [0.4, 0.5) is 0 Å². The molecule has 0 aliphatic carbocycles. The number of hydrogen-bond donors (Lipinski definition) is 0. The van der Waals surface area contributed by atoms with Crippen LogP contribution in [0.15, 0.2) is 36.7 Å². The first-order valence-corrected chi connectivity index (χ1v) is 7.90. The van der Waals surface area contributed by atoms with Gasteiger partial charge < -0.3 is 0 Å². The lowest BCUT2D eigenvalue weighted by molar-refractivity contribution is 0.471. The van der Waals surface area contributed by atoms with E-state index in [4.69, 9.17) is 0 Å². The van der Waals surface area contributed by atoms with E-state index < -0.39 is 0 Å². The fourth-order valence-electron chi connectivity index (χ4n) is 2.22. The van der Waals surface area contributed by atoms with Crippen LogP contribution in [0.2, 0.25) is 0 Å². The van der Waals surface area contributed by atoms with Gasteiger partial charge in [0.2, 0.25) is 0 Å². The normalized spacial score (nSPS) is 12.9. The SMILES string of the molecule is CCC(C)n1ccc(Cn2ncc3ccc(I)cc32)n1. The topological polar surface area (TPSA) is 35.6 Å². The average molecular weight is 380 g/mol. The van der Waals surface area contributed by atoms with Gasteiger partial charge in [0, 0.05) is 21.2 Å². The van der Waals surface area contributed by atoms with Gasteiger partial charge in [-0.05, 0) is 54.1 Å². The monoisotopic (exact) mass is 380 g/mol. The van der Waals surface area contributed by atoms with Crippen LogP contribution in [0.5, 0.6) is 0 Å². The van der Waals surface area contributed by atoms with E-state index in [2.05, 4.69) is 77.1 Å². The van der Waals surface area contributed by atoms with E-state index in [1.54, 1.807) is 0 Å². The highest BCUT2D eigenvalue weighted by atomic mass is 127. The van der Waals surface area contributed by atoms with Crippen molar-refractivity contribution in [2.75, 3.05) is 0 Å². The van der Waals surface area contributed by atoms with Crippen molar-refractivity contribution >= 4 is 33.5 Å². The summed E-state index contributed by atoms with van der Waals surface area (Å²) in [6.45, 7) is 5.07. The highest BCUT2D eigenvalue weighted by Gasteiger charge is 2.08. The first-order valence-electron chi connectivity index (χ1n) is 6.82. The predicted octanol–water partition coefficient (Wildman–Crippen LogP) is 3.86. The second-order valence-electron chi connectivity index (χ2n) is 5.05. The summed E-state index contributed by atoms with van der Waals surface area (Å²) < 4.78 is 5.27. The molecule has 1 aromatic carbocycles. The Balaban J connectivity index is 1.89. The molecule has 0 radical (unpaired) electrons. The molecular weight excluding hydrogens is 363 g/mol. The van der Waals surface area contributed by atoms with Gasteiger partial charge in [-0.3, -0.25) is 9.36 Å². The number of rotatable bonds is 4. The molecule has 0 N–H and O–H groups in total. The van der Waals surface area contributed by atoms with Gasteiger partial charge in [-0.2, -0.15) is 10.2 Å². The minimum atomic E-state index is 0.444. The van der Waals surface area contributed by atoms with Gasteiger partial charge in [0.15, 0.2) is 0 Å². The first kappa shape index (κ1) is 13.6. The molecule has 0 bridgehead atoms. The molecule has 3 aromatic rings. The molecule has 1 unspecified atom stereocenters. The molecule has 0 spiro atoms. The Morgan fingerprint density at radius 1 is 1.30 bits per heavy atom. The molecule has 2 aromatic heterocycles. The van der Waals surface area contributed by atoms with Crippen LogP contribution in [0.3, 0.4) is 0 Å². The second-order valence-corrected chi connectivity index (χ2v) is 6.30. The standard InChI is InChI=1S/C15H17IN4/c1-3-11(2)19-7-6-14(18-19)10-20-15-8-13(16)5-4-12(15)9-17-20/h4-9,11H,3,10H2,1-2H3. The minimum absolute atomic E-state index is 0.444. The summed E-state index contributed by atoms with van der Waals surface area (Å²) in [6.07, 6.45) is 5.06. The van der Waals surface area contributed by atoms with Gasteiger partial charge in [0.1, 0.15) is 0 Å². The molecule has 1 atom stereocenters. The predicted molar refractivity (Wildman–Crippen MR) is 88.8 cm³/mol.